The SMILES string of the molecule is CN(C)C1(C(=O)Cc2cc(F)ccc2Br)CCCCC1. The van der Waals surface area contributed by atoms with Crippen LogP contribution in [-0.4, -0.2) is 30.3 Å². The van der Waals surface area contributed by atoms with Crippen molar-refractivity contribution in [1.82, 2.24) is 4.90 Å². The van der Waals surface area contributed by atoms with Crippen LogP contribution in [0.15, 0.2) is 22.7 Å². The number of carbonyl (C=O) groups excluding carboxylic acids is 1. The molecule has 2 rings (SSSR count). The molecule has 4 heteroatoms. The Morgan fingerprint density at radius 1 is 1.30 bits per heavy atom. The molecule has 1 aromatic carbocycles. The smallest absolute Gasteiger partial charge is 0.157 e. The maximum Gasteiger partial charge on any atom is 0.157 e. The molecule has 0 aliphatic heterocycles. The van der Waals surface area contributed by atoms with Crippen LogP contribution in [0.1, 0.15) is 37.7 Å². The quantitative estimate of drug-likeness (QED) is 0.825. The molecule has 0 heterocycles. The number of halogens is 2. The van der Waals surface area contributed by atoms with Crippen molar-refractivity contribution < 1.29 is 9.18 Å². The summed E-state index contributed by atoms with van der Waals surface area (Å²) in [6.07, 6.45) is 5.49. The van der Waals surface area contributed by atoms with Gasteiger partial charge < -0.3 is 0 Å². The molecule has 1 aromatic rings. The first-order valence-corrected chi connectivity index (χ1v) is 7.90. The molecule has 1 fully saturated rings. The number of Topliss-reactive ketones (excluding diaryl/α,β-unsaturated/α-hetero) is 1. The molecule has 0 aromatic heterocycles. The highest BCUT2D eigenvalue weighted by Gasteiger charge is 2.40. The number of rotatable bonds is 4. The molecule has 0 unspecified atom stereocenters. The highest BCUT2D eigenvalue weighted by Crippen LogP contribution is 2.34. The first kappa shape index (κ1) is 15.6. The number of hydrogen-bond donors (Lipinski definition) is 0. The van der Waals surface area contributed by atoms with Crippen molar-refractivity contribution in [1.29, 1.82) is 0 Å². The van der Waals surface area contributed by atoms with Crippen molar-refractivity contribution in [2.24, 2.45) is 0 Å². The lowest BCUT2D eigenvalue weighted by atomic mass is 9.76. The zero-order chi connectivity index (χ0) is 14.8. The monoisotopic (exact) mass is 341 g/mol. The van der Waals surface area contributed by atoms with Crippen LogP contribution in [0.25, 0.3) is 0 Å². The predicted octanol–water partition coefficient (Wildman–Crippen LogP) is 3.96. The molecule has 0 N–H and O–H groups in total. The Labute approximate surface area is 128 Å². The van der Waals surface area contributed by atoms with Crippen LogP contribution >= 0.6 is 15.9 Å². The van der Waals surface area contributed by atoms with E-state index in [-0.39, 0.29) is 23.6 Å². The molecule has 110 valence electrons. The Hall–Kier alpha value is -0.740. The molecule has 0 radical (unpaired) electrons. The largest absolute Gasteiger partial charge is 0.297 e. The molecular weight excluding hydrogens is 321 g/mol. The second-order valence-corrected chi connectivity index (χ2v) is 6.68. The number of ketones is 1. The molecule has 0 saturated heterocycles. The van der Waals surface area contributed by atoms with E-state index in [9.17, 15) is 9.18 Å². The Morgan fingerprint density at radius 3 is 2.55 bits per heavy atom. The van der Waals surface area contributed by atoms with Crippen molar-refractivity contribution in [3.8, 4) is 0 Å². The molecular formula is C16H21BrFNO. The highest BCUT2D eigenvalue weighted by atomic mass is 79.9. The van der Waals surface area contributed by atoms with Crippen molar-refractivity contribution in [2.75, 3.05) is 14.1 Å². The van der Waals surface area contributed by atoms with Crippen LogP contribution in [0.5, 0.6) is 0 Å². The summed E-state index contributed by atoms with van der Waals surface area (Å²) in [6.45, 7) is 0. The van der Waals surface area contributed by atoms with Crippen LogP contribution in [0.2, 0.25) is 0 Å². The predicted molar refractivity (Wildman–Crippen MR) is 82.3 cm³/mol. The molecule has 0 bridgehead atoms. The third-order valence-electron chi connectivity index (χ3n) is 4.41. The topological polar surface area (TPSA) is 20.3 Å². The average molecular weight is 342 g/mol. The number of benzene rings is 1. The standard InChI is InChI=1S/C16H21BrFNO/c1-19(2)16(8-4-3-5-9-16)15(20)11-12-10-13(18)6-7-14(12)17/h6-7,10H,3-5,8-9,11H2,1-2H3. The van der Waals surface area contributed by atoms with Crippen LogP contribution in [-0.2, 0) is 11.2 Å². The third-order valence-corrected chi connectivity index (χ3v) is 5.19. The van der Waals surface area contributed by atoms with Gasteiger partial charge in [-0.2, -0.15) is 0 Å². The number of nitrogens with zero attached hydrogens (tertiary/aromatic N) is 1. The van der Waals surface area contributed by atoms with Crippen LogP contribution in [0.3, 0.4) is 0 Å². The summed E-state index contributed by atoms with van der Waals surface area (Å²) < 4.78 is 14.2. The molecule has 1 saturated carbocycles. The van der Waals surface area contributed by atoms with Gasteiger partial charge in [-0.25, -0.2) is 4.39 Å². The molecule has 1 aliphatic carbocycles. The molecule has 0 atom stereocenters. The fourth-order valence-electron chi connectivity index (χ4n) is 3.13. The second kappa shape index (κ2) is 6.35. The van der Waals surface area contributed by atoms with Gasteiger partial charge in [0.2, 0.25) is 0 Å². The van der Waals surface area contributed by atoms with Crippen molar-refractivity contribution in [2.45, 2.75) is 44.1 Å². The van der Waals surface area contributed by atoms with Crippen molar-refractivity contribution in [3.05, 3.63) is 34.1 Å². The molecule has 0 amide bonds. The van der Waals surface area contributed by atoms with E-state index in [0.717, 1.165) is 35.7 Å². The summed E-state index contributed by atoms with van der Waals surface area (Å²) in [7, 11) is 3.95. The van der Waals surface area contributed by atoms with Gasteiger partial charge in [0, 0.05) is 10.9 Å². The van der Waals surface area contributed by atoms with Gasteiger partial charge in [0.05, 0.1) is 5.54 Å². The molecule has 20 heavy (non-hydrogen) atoms. The van der Waals surface area contributed by atoms with Crippen LogP contribution in [0.4, 0.5) is 4.39 Å². The summed E-state index contributed by atoms with van der Waals surface area (Å²) >= 11 is 3.41. The minimum Gasteiger partial charge on any atom is -0.297 e. The second-order valence-electron chi connectivity index (χ2n) is 5.82. The molecule has 2 nitrogen and oxygen atoms in total. The van der Waals surface area contributed by atoms with E-state index in [0.29, 0.717) is 0 Å². The number of carbonyl (C=O) groups is 1. The van der Waals surface area contributed by atoms with Crippen molar-refractivity contribution >= 4 is 21.7 Å². The first-order valence-electron chi connectivity index (χ1n) is 7.10. The Kier molecular flexibility index (Phi) is 4.97. The van der Waals surface area contributed by atoms with E-state index in [1.165, 1.54) is 18.6 Å². The average Bonchev–Trinajstić information content (AvgIpc) is 2.43. The third kappa shape index (κ3) is 3.12. The molecule has 1 aliphatic rings. The van der Waals surface area contributed by atoms with E-state index < -0.39 is 0 Å². The lowest BCUT2D eigenvalue weighted by Gasteiger charge is -2.41. The van der Waals surface area contributed by atoms with Gasteiger partial charge in [-0.1, -0.05) is 35.2 Å². The lowest BCUT2D eigenvalue weighted by Crippen LogP contribution is -2.53. The van der Waals surface area contributed by atoms with E-state index in [1.54, 1.807) is 6.07 Å². The van der Waals surface area contributed by atoms with Gasteiger partial charge >= 0.3 is 0 Å². The normalized spacial score (nSPS) is 18.2. The minimum absolute atomic E-state index is 0.202. The fraction of sp³-hybridized carbons (Fsp3) is 0.562. The van der Waals surface area contributed by atoms with Crippen molar-refractivity contribution in [3.63, 3.8) is 0 Å². The lowest BCUT2D eigenvalue weighted by molar-refractivity contribution is -0.131. The van der Waals surface area contributed by atoms with Gasteiger partial charge in [-0.15, -0.1) is 0 Å². The highest BCUT2D eigenvalue weighted by molar-refractivity contribution is 9.10. The minimum atomic E-state index is -0.371. The zero-order valence-corrected chi connectivity index (χ0v) is 13.7. The van der Waals surface area contributed by atoms with E-state index in [2.05, 4.69) is 20.8 Å². The zero-order valence-electron chi connectivity index (χ0n) is 12.1. The summed E-state index contributed by atoms with van der Waals surface area (Å²) in [4.78, 5) is 14.9. The number of likely N-dealkylation sites (N-methyl/N-ethyl adjacent to an activating group) is 1. The van der Waals surface area contributed by atoms with E-state index >= 15 is 0 Å². The van der Waals surface area contributed by atoms with Gasteiger partial charge in [-0.05, 0) is 50.7 Å². The molecule has 0 spiro atoms. The maximum atomic E-state index is 13.4. The Balaban J connectivity index is 2.22. The maximum absolute atomic E-state index is 13.4. The van der Waals surface area contributed by atoms with Crippen LogP contribution < -0.4 is 0 Å². The first-order chi connectivity index (χ1) is 9.45. The summed E-state index contributed by atoms with van der Waals surface area (Å²) in [5.74, 6) is -0.0907. The van der Waals surface area contributed by atoms with Crippen LogP contribution in [0, 0.1) is 5.82 Å². The van der Waals surface area contributed by atoms with Gasteiger partial charge in [0.1, 0.15) is 5.82 Å². The summed E-state index contributed by atoms with van der Waals surface area (Å²) in [5.41, 5.74) is 0.367. The van der Waals surface area contributed by atoms with Gasteiger partial charge in [-0.3, -0.25) is 9.69 Å². The Morgan fingerprint density at radius 2 is 1.95 bits per heavy atom. The number of hydrogen-bond acceptors (Lipinski definition) is 2. The van der Waals surface area contributed by atoms with E-state index in [4.69, 9.17) is 0 Å². The van der Waals surface area contributed by atoms with E-state index in [1.807, 2.05) is 14.1 Å². The fourth-order valence-corrected chi connectivity index (χ4v) is 3.52. The van der Waals surface area contributed by atoms with Gasteiger partial charge in [0.25, 0.3) is 0 Å². The summed E-state index contributed by atoms with van der Waals surface area (Å²) in [5, 5.41) is 0. The van der Waals surface area contributed by atoms with Gasteiger partial charge in [0.15, 0.2) is 5.78 Å². The summed E-state index contributed by atoms with van der Waals surface area (Å²) in [6, 6.07) is 4.52. The Bertz CT molecular complexity index is 495.